The average molecular weight is 387 g/mol. The van der Waals surface area contributed by atoms with Crippen molar-refractivity contribution in [3.63, 3.8) is 0 Å². The number of nitrogens with zero attached hydrogens (tertiary/aromatic N) is 1. The van der Waals surface area contributed by atoms with Gasteiger partial charge in [0, 0.05) is 0 Å². The summed E-state index contributed by atoms with van der Waals surface area (Å²) in [7, 11) is 0. The summed E-state index contributed by atoms with van der Waals surface area (Å²) < 4.78 is 4.99. The Kier molecular flexibility index (Phi) is 5.67. The van der Waals surface area contributed by atoms with Crippen molar-refractivity contribution in [2.24, 2.45) is 0 Å². The first-order valence-electron chi connectivity index (χ1n) is 9.56. The predicted molar refractivity (Wildman–Crippen MR) is 100 cm³/mol. The molecule has 1 aromatic rings. The van der Waals surface area contributed by atoms with E-state index in [9.17, 15) is 19.2 Å². The minimum absolute atomic E-state index is 0.327. The molecule has 1 saturated carbocycles. The highest BCUT2D eigenvalue weighted by molar-refractivity contribution is 6.08. The summed E-state index contributed by atoms with van der Waals surface area (Å²) >= 11 is 0. The first kappa shape index (κ1) is 19.9. The van der Waals surface area contributed by atoms with Gasteiger partial charge in [-0.15, -0.1) is 0 Å². The lowest BCUT2D eigenvalue weighted by atomic mass is 9.82. The van der Waals surface area contributed by atoms with Gasteiger partial charge in [-0.05, 0) is 36.5 Å². The van der Waals surface area contributed by atoms with Gasteiger partial charge in [-0.25, -0.2) is 9.59 Å². The lowest BCUT2D eigenvalue weighted by molar-refractivity contribution is -0.140. The van der Waals surface area contributed by atoms with Gasteiger partial charge in [0.2, 0.25) is 0 Å². The van der Waals surface area contributed by atoms with Crippen molar-refractivity contribution in [1.29, 1.82) is 0 Å². The first-order valence-corrected chi connectivity index (χ1v) is 9.56. The second-order valence-corrected chi connectivity index (χ2v) is 7.60. The minimum atomic E-state index is -0.919. The second kappa shape index (κ2) is 8.00. The van der Waals surface area contributed by atoms with Gasteiger partial charge in [0.1, 0.15) is 5.54 Å². The summed E-state index contributed by atoms with van der Waals surface area (Å²) in [5.41, 5.74) is 2.73. The SMILES string of the molecule is CC(C)c1ccc(C(=O)OCC(=O)NN2C(=O)NC3(CCCCC3)C2=O)cc1. The van der Waals surface area contributed by atoms with Crippen molar-refractivity contribution < 1.29 is 23.9 Å². The fourth-order valence-electron chi connectivity index (χ4n) is 3.59. The molecule has 1 saturated heterocycles. The molecular weight excluding hydrogens is 362 g/mol. The third-order valence-corrected chi connectivity index (χ3v) is 5.25. The van der Waals surface area contributed by atoms with Crippen molar-refractivity contribution in [3.8, 4) is 0 Å². The van der Waals surface area contributed by atoms with E-state index in [4.69, 9.17) is 4.74 Å². The summed E-state index contributed by atoms with van der Waals surface area (Å²) in [5.74, 6) is -1.51. The average Bonchev–Trinajstić information content (AvgIpc) is 2.90. The highest BCUT2D eigenvalue weighted by atomic mass is 16.5. The van der Waals surface area contributed by atoms with Gasteiger partial charge in [-0.3, -0.25) is 15.0 Å². The van der Waals surface area contributed by atoms with E-state index in [0.29, 0.717) is 29.3 Å². The Bertz CT molecular complexity index is 782. The quantitative estimate of drug-likeness (QED) is 0.596. The molecule has 1 aromatic carbocycles. The number of imide groups is 1. The summed E-state index contributed by atoms with van der Waals surface area (Å²) in [6.45, 7) is 3.50. The zero-order chi connectivity index (χ0) is 20.3. The topological polar surface area (TPSA) is 105 Å². The normalized spacial score (nSPS) is 18.3. The number of nitrogens with one attached hydrogen (secondary N) is 2. The van der Waals surface area contributed by atoms with Gasteiger partial charge in [0.25, 0.3) is 11.8 Å². The van der Waals surface area contributed by atoms with Crippen LogP contribution in [0.5, 0.6) is 0 Å². The van der Waals surface area contributed by atoms with Crippen molar-refractivity contribution in [3.05, 3.63) is 35.4 Å². The molecule has 2 N–H and O–H groups in total. The lowest BCUT2D eigenvalue weighted by Gasteiger charge is -2.30. The Morgan fingerprint density at radius 2 is 1.79 bits per heavy atom. The van der Waals surface area contributed by atoms with Crippen LogP contribution >= 0.6 is 0 Å². The van der Waals surface area contributed by atoms with E-state index < -0.39 is 36.0 Å². The van der Waals surface area contributed by atoms with Crippen molar-refractivity contribution in [1.82, 2.24) is 15.8 Å². The van der Waals surface area contributed by atoms with Gasteiger partial charge in [0.15, 0.2) is 6.61 Å². The number of ether oxygens (including phenoxy) is 1. The molecule has 0 aromatic heterocycles. The van der Waals surface area contributed by atoms with Crippen LogP contribution in [-0.2, 0) is 14.3 Å². The number of carbonyl (C=O) groups excluding carboxylic acids is 4. The van der Waals surface area contributed by atoms with E-state index in [0.717, 1.165) is 24.8 Å². The highest BCUT2D eigenvalue weighted by Crippen LogP contribution is 2.32. The summed E-state index contributed by atoms with van der Waals surface area (Å²) in [6.07, 6.45) is 3.84. The number of esters is 1. The maximum absolute atomic E-state index is 12.6. The molecule has 1 aliphatic heterocycles. The Hall–Kier alpha value is -2.90. The van der Waals surface area contributed by atoms with Gasteiger partial charge >= 0.3 is 12.0 Å². The summed E-state index contributed by atoms with van der Waals surface area (Å²) in [5, 5.41) is 3.39. The molecule has 0 radical (unpaired) electrons. The summed E-state index contributed by atoms with van der Waals surface area (Å²) in [6, 6.07) is 6.28. The molecule has 2 aliphatic rings. The third-order valence-electron chi connectivity index (χ3n) is 5.25. The van der Waals surface area contributed by atoms with Gasteiger partial charge in [0.05, 0.1) is 5.56 Å². The van der Waals surface area contributed by atoms with E-state index in [1.807, 2.05) is 26.0 Å². The number of benzene rings is 1. The van der Waals surface area contributed by atoms with Crippen LogP contribution < -0.4 is 10.7 Å². The fraction of sp³-hybridized carbons (Fsp3) is 0.500. The lowest BCUT2D eigenvalue weighted by Crippen LogP contribution is -2.51. The maximum atomic E-state index is 12.6. The Balaban J connectivity index is 1.53. The molecule has 1 heterocycles. The smallest absolute Gasteiger partial charge is 0.344 e. The standard InChI is InChI=1S/C20H25N3O5/c1-13(2)14-6-8-15(9-7-14)17(25)28-12-16(24)22-23-18(26)20(21-19(23)27)10-4-3-5-11-20/h6-9,13H,3-5,10-12H2,1-2H3,(H,21,27)(H,22,24). The maximum Gasteiger partial charge on any atom is 0.344 e. The minimum Gasteiger partial charge on any atom is -0.452 e. The van der Waals surface area contributed by atoms with E-state index in [2.05, 4.69) is 10.7 Å². The molecule has 4 amide bonds. The number of hydrogen-bond acceptors (Lipinski definition) is 5. The molecule has 3 rings (SSSR count). The molecular formula is C20H25N3O5. The van der Waals surface area contributed by atoms with Crippen LogP contribution in [0.3, 0.4) is 0 Å². The van der Waals surface area contributed by atoms with Crippen LogP contribution in [0.15, 0.2) is 24.3 Å². The zero-order valence-electron chi connectivity index (χ0n) is 16.1. The number of urea groups is 1. The van der Waals surface area contributed by atoms with Crippen molar-refractivity contribution in [2.75, 3.05) is 6.61 Å². The molecule has 150 valence electrons. The molecule has 0 bridgehead atoms. The largest absolute Gasteiger partial charge is 0.452 e. The molecule has 28 heavy (non-hydrogen) atoms. The predicted octanol–water partition coefficient (Wildman–Crippen LogP) is 2.25. The third kappa shape index (κ3) is 4.00. The van der Waals surface area contributed by atoms with Crippen LogP contribution in [0, 0.1) is 0 Å². The fourth-order valence-corrected chi connectivity index (χ4v) is 3.59. The van der Waals surface area contributed by atoms with Crippen LogP contribution in [0.2, 0.25) is 0 Å². The molecule has 0 atom stereocenters. The number of hydrogen-bond donors (Lipinski definition) is 2. The number of carbonyl (C=O) groups is 4. The van der Waals surface area contributed by atoms with Crippen LogP contribution in [0.25, 0.3) is 0 Å². The van der Waals surface area contributed by atoms with E-state index in [1.165, 1.54) is 0 Å². The second-order valence-electron chi connectivity index (χ2n) is 7.60. The van der Waals surface area contributed by atoms with Crippen molar-refractivity contribution >= 4 is 23.8 Å². The van der Waals surface area contributed by atoms with E-state index in [-0.39, 0.29) is 0 Å². The molecule has 8 heteroatoms. The van der Waals surface area contributed by atoms with Gasteiger partial charge in [-0.1, -0.05) is 45.2 Å². The highest BCUT2D eigenvalue weighted by Gasteiger charge is 2.52. The molecule has 0 unspecified atom stereocenters. The van der Waals surface area contributed by atoms with Gasteiger partial charge < -0.3 is 10.1 Å². The number of hydrazine groups is 1. The number of amides is 4. The summed E-state index contributed by atoms with van der Waals surface area (Å²) in [4.78, 5) is 48.9. The Morgan fingerprint density at radius 1 is 1.14 bits per heavy atom. The van der Waals surface area contributed by atoms with E-state index in [1.54, 1.807) is 12.1 Å². The molecule has 1 spiro atoms. The van der Waals surface area contributed by atoms with Crippen LogP contribution in [0.4, 0.5) is 4.79 Å². The Morgan fingerprint density at radius 3 is 2.39 bits per heavy atom. The van der Waals surface area contributed by atoms with Gasteiger partial charge in [-0.2, -0.15) is 5.01 Å². The van der Waals surface area contributed by atoms with Crippen LogP contribution in [-0.4, -0.2) is 41.0 Å². The Labute approximate surface area is 163 Å². The number of rotatable bonds is 5. The molecule has 1 aliphatic carbocycles. The van der Waals surface area contributed by atoms with E-state index >= 15 is 0 Å². The van der Waals surface area contributed by atoms with Crippen LogP contribution in [0.1, 0.15) is 67.8 Å². The monoisotopic (exact) mass is 387 g/mol. The molecule has 2 fully saturated rings. The first-order chi connectivity index (χ1) is 13.3. The molecule has 8 nitrogen and oxygen atoms in total. The van der Waals surface area contributed by atoms with Crippen molar-refractivity contribution in [2.45, 2.75) is 57.4 Å². The zero-order valence-corrected chi connectivity index (χ0v) is 16.1.